The van der Waals surface area contributed by atoms with Crippen molar-refractivity contribution in [1.82, 2.24) is 5.32 Å². The van der Waals surface area contributed by atoms with Crippen LogP contribution in [0.25, 0.3) is 0 Å². The summed E-state index contributed by atoms with van der Waals surface area (Å²) in [4.78, 5) is 0. The molecule has 2 unspecified atom stereocenters. The summed E-state index contributed by atoms with van der Waals surface area (Å²) < 4.78 is 0. The molecule has 18 heavy (non-hydrogen) atoms. The summed E-state index contributed by atoms with van der Waals surface area (Å²) in [5.74, 6) is 1.67. The third kappa shape index (κ3) is 8.13. The molecule has 0 radical (unpaired) electrons. The van der Waals surface area contributed by atoms with Gasteiger partial charge in [-0.2, -0.15) is 0 Å². The largest absolute Gasteiger partial charge is 0.314 e. The summed E-state index contributed by atoms with van der Waals surface area (Å²) in [5.41, 5.74) is 0.461. The van der Waals surface area contributed by atoms with Crippen LogP contribution in [0.5, 0.6) is 0 Å². The third-order valence-electron chi connectivity index (χ3n) is 3.89. The van der Waals surface area contributed by atoms with E-state index in [9.17, 15) is 0 Å². The van der Waals surface area contributed by atoms with Crippen molar-refractivity contribution < 1.29 is 0 Å². The van der Waals surface area contributed by atoms with Gasteiger partial charge in [-0.3, -0.25) is 0 Å². The van der Waals surface area contributed by atoms with Crippen molar-refractivity contribution in [3.63, 3.8) is 0 Å². The number of rotatable bonds is 9. The monoisotopic (exact) mass is 255 g/mol. The van der Waals surface area contributed by atoms with Crippen LogP contribution >= 0.6 is 0 Å². The quantitative estimate of drug-likeness (QED) is 0.593. The fourth-order valence-corrected chi connectivity index (χ4v) is 3.19. The molecule has 0 aliphatic rings. The first-order valence-electron chi connectivity index (χ1n) is 8.07. The Hall–Kier alpha value is -0.0400. The van der Waals surface area contributed by atoms with Crippen molar-refractivity contribution in [3.8, 4) is 0 Å². The van der Waals surface area contributed by atoms with Gasteiger partial charge in [0.15, 0.2) is 0 Å². The van der Waals surface area contributed by atoms with Crippen molar-refractivity contribution in [2.24, 2.45) is 17.3 Å². The smallest absolute Gasteiger partial charge is 0.00976 e. The van der Waals surface area contributed by atoms with Crippen LogP contribution in [0.3, 0.4) is 0 Å². The molecule has 1 heteroatoms. The average Bonchev–Trinajstić information content (AvgIpc) is 2.24. The van der Waals surface area contributed by atoms with E-state index in [-0.39, 0.29) is 0 Å². The van der Waals surface area contributed by atoms with E-state index in [4.69, 9.17) is 0 Å². The van der Waals surface area contributed by atoms with Gasteiger partial charge in [0.05, 0.1) is 0 Å². The van der Waals surface area contributed by atoms with Gasteiger partial charge in [-0.1, -0.05) is 61.3 Å². The van der Waals surface area contributed by atoms with Crippen LogP contribution in [-0.2, 0) is 0 Å². The van der Waals surface area contributed by atoms with E-state index in [0.717, 1.165) is 17.9 Å². The molecule has 0 saturated heterocycles. The standard InChI is InChI=1S/C17H37N/c1-8-11-18-16(15(9-2)10-3)12-14(4)13-17(5,6)7/h14-16,18H,8-13H2,1-7H3. The van der Waals surface area contributed by atoms with Gasteiger partial charge in [0.25, 0.3) is 0 Å². The summed E-state index contributed by atoms with van der Waals surface area (Å²) in [5, 5.41) is 3.79. The highest BCUT2D eigenvalue weighted by Gasteiger charge is 2.23. The zero-order valence-corrected chi connectivity index (χ0v) is 14.0. The van der Waals surface area contributed by atoms with Crippen molar-refractivity contribution in [1.29, 1.82) is 0 Å². The highest BCUT2D eigenvalue weighted by atomic mass is 14.9. The van der Waals surface area contributed by atoms with Gasteiger partial charge in [0, 0.05) is 6.04 Å². The molecule has 1 nitrogen and oxygen atoms in total. The minimum Gasteiger partial charge on any atom is -0.314 e. The summed E-state index contributed by atoms with van der Waals surface area (Å²) in [6.07, 6.45) is 6.52. The first-order chi connectivity index (χ1) is 8.34. The van der Waals surface area contributed by atoms with Gasteiger partial charge < -0.3 is 5.32 Å². The lowest BCUT2D eigenvalue weighted by molar-refractivity contribution is 0.236. The van der Waals surface area contributed by atoms with Crippen molar-refractivity contribution in [2.75, 3.05) is 6.54 Å². The van der Waals surface area contributed by atoms with Crippen LogP contribution in [0.4, 0.5) is 0 Å². The molecular formula is C17H37N. The lowest BCUT2D eigenvalue weighted by Crippen LogP contribution is -2.38. The van der Waals surface area contributed by atoms with E-state index in [0.29, 0.717) is 5.41 Å². The molecule has 0 aliphatic heterocycles. The molecule has 0 amide bonds. The van der Waals surface area contributed by atoms with E-state index in [1.165, 1.54) is 38.6 Å². The van der Waals surface area contributed by atoms with E-state index in [1.54, 1.807) is 0 Å². The summed E-state index contributed by atoms with van der Waals surface area (Å²) >= 11 is 0. The fraction of sp³-hybridized carbons (Fsp3) is 1.00. The van der Waals surface area contributed by atoms with E-state index in [1.807, 2.05) is 0 Å². The van der Waals surface area contributed by atoms with E-state index >= 15 is 0 Å². The van der Waals surface area contributed by atoms with Crippen LogP contribution in [0, 0.1) is 17.3 Å². The maximum absolute atomic E-state index is 3.79. The van der Waals surface area contributed by atoms with Gasteiger partial charge in [0.1, 0.15) is 0 Å². The zero-order chi connectivity index (χ0) is 14.2. The van der Waals surface area contributed by atoms with Crippen LogP contribution in [0.15, 0.2) is 0 Å². The molecule has 0 heterocycles. The minimum atomic E-state index is 0.461. The molecule has 0 rings (SSSR count). The Bertz CT molecular complexity index is 188. The number of nitrogens with one attached hydrogen (secondary N) is 1. The Morgan fingerprint density at radius 1 is 1.00 bits per heavy atom. The highest BCUT2D eigenvalue weighted by Crippen LogP contribution is 2.29. The Balaban J connectivity index is 4.38. The van der Waals surface area contributed by atoms with E-state index in [2.05, 4.69) is 53.8 Å². The zero-order valence-electron chi connectivity index (χ0n) is 14.0. The molecular weight excluding hydrogens is 218 g/mol. The minimum absolute atomic E-state index is 0.461. The third-order valence-corrected chi connectivity index (χ3v) is 3.89. The fourth-order valence-electron chi connectivity index (χ4n) is 3.19. The molecule has 0 aromatic rings. The van der Waals surface area contributed by atoms with Crippen molar-refractivity contribution >= 4 is 0 Å². The molecule has 0 saturated carbocycles. The first kappa shape index (κ1) is 18.0. The van der Waals surface area contributed by atoms with Crippen molar-refractivity contribution in [2.45, 2.75) is 86.6 Å². The summed E-state index contributed by atoms with van der Waals surface area (Å²) in [6, 6.07) is 0.720. The molecule has 110 valence electrons. The van der Waals surface area contributed by atoms with Gasteiger partial charge in [-0.05, 0) is 43.1 Å². The molecule has 0 fully saturated rings. The highest BCUT2D eigenvalue weighted by molar-refractivity contribution is 4.78. The predicted molar refractivity (Wildman–Crippen MR) is 84.0 cm³/mol. The molecule has 2 atom stereocenters. The molecule has 1 N–H and O–H groups in total. The molecule has 0 aromatic carbocycles. The number of hydrogen-bond acceptors (Lipinski definition) is 1. The second-order valence-electron chi connectivity index (χ2n) is 7.24. The normalized spacial score (nSPS) is 16.0. The molecule has 0 spiro atoms. The van der Waals surface area contributed by atoms with Gasteiger partial charge in [0.2, 0.25) is 0 Å². The van der Waals surface area contributed by atoms with Crippen LogP contribution in [0.2, 0.25) is 0 Å². The van der Waals surface area contributed by atoms with Crippen LogP contribution < -0.4 is 5.32 Å². The second kappa shape index (κ2) is 8.96. The Kier molecular flexibility index (Phi) is 8.94. The van der Waals surface area contributed by atoms with E-state index < -0.39 is 0 Å². The average molecular weight is 255 g/mol. The topological polar surface area (TPSA) is 12.0 Å². The van der Waals surface area contributed by atoms with Crippen molar-refractivity contribution in [3.05, 3.63) is 0 Å². The maximum Gasteiger partial charge on any atom is 0.00976 e. The maximum atomic E-state index is 3.79. The number of hydrogen-bond donors (Lipinski definition) is 1. The Labute approximate surface area is 116 Å². The van der Waals surface area contributed by atoms with Gasteiger partial charge in [-0.25, -0.2) is 0 Å². The molecule has 0 bridgehead atoms. The lowest BCUT2D eigenvalue weighted by atomic mass is 9.80. The summed E-state index contributed by atoms with van der Waals surface area (Å²) in [7, 11) is 0. The van der Waals surface area contributed by atoms with Gasteiger partial charge >= 0.3 is 0 Å². The SMILES string of the molecule is CCCNC(CC(C)CC(C)(C)C)C(CC)CC. The van der Waals surface area contributed by atoms with Gasteiger partial charge in [-0.15, -0.1) is 0 Å². The first-order valence-corrected chi connectivity index (χ1v) is 8.07. The summed E-state index contributed by atoms with van der Waals surface area (Å²) in [6.45, 7) is 17.6. The lowest BCUT2D eigenvalue weighted by Gasteiger charge is -2.31. The Morgan fingerprint density at radius 3 is 1.94 bits per heavy atom. The second-order valence-corrected chi connectivity index (χ2v) is 7.24. The van der Waals surface area contributed by atoms with Crippen LogP contribution in [-0.4, -0.2) is 12.6 Å². The molecule has 0 aromatic heterocycles. The Morgan fingerprint density at radius 2 is 1.56 bits per heavy atom. The molecule has 0 aliphatic carbocycles. The van der Waals surface area contributed by atoms with Crippen LogP contribution in [0.1, 0.15) is 80.6 Å². The predicted octanol–water partition coefficient (Wildman–Crippen LogP) is 5.25.